The minimum absolute atomic E-state index is 0.447. The smallest absolute Gasteiger partial charge is 0.106 e. The monoisotopic (exact) mass is 263 g/mol. The first-order valence-electron chi connectivity index (χ1n) is 6.63. The molecule has 98 valence electrons. The van der Waals surface area contributed by atoms with Gasteiger partial charge in [0.05, 0.1) is 11.9 Å². The predicted molar refractivity (Wildman–Crippen MR) is 80.0 cm³/mol. The molecule has 0 aliphatic heterocycles. The van der Waals surface area contributed by atoms with Crippen LogP contribution >= 0.6 is 12.2 Å². The van der Waals surface area contributed by atoms with Gasteiger partial charge in [0, 0.05) is 25.4 Å². The van der Waals surface area contributed by atoms with Crippen LogP contribution in [0.15, 0.2) is 18.5 Å². The quantitative estimate of drug-likeness (QED) is 0.848. The van der Waals surface area contributed by atoms with Crippen molar-refractivity contribution in [1.29, 1.82) is 0 Å². The highest BCUT2D eigenvalue weighted by Crippen LogP contribution is 2.26. The van der Waals surface area contributed by atoms with E-state index < -0.39 is 0 Å². The third-order valence-corrected chi connectivity index (χ3v) is 3.95. The zero-order valence-corrected chi connectivity index (χ0v) is 11.7. The number of nitrogens with two attached hydrogens (primary N) is 1. The van der Waals surface area contributed by atoms with Crippen LogP contribution < -0.4 is 10.6 Å². The Labute approximate surface area is 114 Å². The number of nitrogens with zero attached hydrogens (tertiary/aromatic N) is 2. The predicted octanol–water partition coefficient (Wildman–Crippen LogP) is 2.73. The zero-order valence-electron chi connectivity index (χ0n) is 10.9. The maximum atomic E-state index is 5.76. The third kappa shape index (κ3) is 3.19. The van der Waals surface area contributed by atoms with E-state index in [2.05, 4.69) is 16.9 Å². The molecule has 18 heavy (non-hydrogen) atoms. The van der Waals surface area contributed by atoms with Gasteiger partial charge in [0.2, 0.25) is 0 Å². The molecule has 2 N–H and O–H groups in total. The Morgan fingerprint density at radius 3 is 2.83 bits per heavy atom. The van der Waals surface area contributed by atoms with Gasteiger partial charge in [-0.25, -0.2) is 0 Å². The lowest BCUT2D eigenvalue weighted by molar-refractivity contribution is 0.362. The lowest BCUT2D eigenvalue weighted by Crippen LogP contribution is -2.29. The summed E-state index contributed by atoms with van der Waals surface area (Å²) >= 11 is 5.10. The summed E-state index contributed by atoms with van der Waals surface area (Å²) < 4.78 is 0. The second-order valence-electron chi connectivity index (χ2n) is 5.14. The molecule has 4 heteroatoms. The highest BCUT2D eigenvalue weighted by atomic mass is 32.1. The van der Waals surface area contributed by atoms with E-state index in [0.29, 0.717) is 4.99 Å². The minimum Gasteiger partial charge on any atom is -0.389 e. The van der Waals surface area contributed by atoms with Gasteiger partial charge in [0.15, 0.2) is 0 Å². The highest BCUT2D eigenvalue weighted by Gasteiger charge is 2.17. The Kier molecular flexibility index (Phi) is 4.53. The average Bonchev–Trinajstić information content (AvgIpc) is 2.40. The van der Waals surface area contributed by atoms with E-state index in [-0.39, 0.29) is 0 Å². The van der Waals surface area contributed by atoms with Crippen molar-refractivity contribution < 1.29 is 0 Å². The van der Waals surface area contributed by atoms with Crippen molar-refractivity contribution in [3.8, 4) is 0 Å². The van der Waals surface area contributed by atoms with Crippen LogP contribution in [0.2, 0.25) is 0 Å². The maximum Gasteiger partial charge on any atom is 0.106 e. The van der Waals surface area contributed by atoms with E-state index in [0.717, 1.165) is 23.7 Å². The molecule has 2 rings (SSSR count). The van der Waals surface area contributed by atoms with E-state index in [9.17, 15) is 0 Å². The molecule has 3 nitrogen and oxygen atoms in total. The van der Waals surface area contributed by atoms with Gasteiger partial charge in [0.25, 0.3) is 0 Å². The zero-order chi connectivity index (χ0) is 13.0. The van der Waals surface area contributed by atoms with Crippen LogP contribution in [0.1, 0.15) is 37.7 Å². The minimum atomic E-state index is 0.447. The molecule has 1 aliphatic carbocycles. The lowest BCUT2D eigenvalue weighted by atomic mass is 9.89. The summed E-state index contributed by atoms with van der Waals surface area (Å²) in [5.74, 6) is 0.795. The Morgan fingerprint density at radius 1 is 1.44 bits per heavy atom. The largest absolute Gasteiger partial charge is 0.389 e. The van der Waals surface area contributed by atoms with Gasteiger partial charge >= 0.3 is 0 Å². The Bertz CT molecular complexity index is 413. The number of rotatable bonds is 4. The number of pyridine rings is 1. The van der Waals surface area contributed by atoms with Crippen LogP contribution in [0.4, 0.5) is 5.69 Å². The normalized spacial score (nSPS) is 16.5. The van der Waals surface area contributed by atoms with Gasteiger partial charge in [0.1, 0.15) is 4.99 Å². The van der Waals surface area contributed by atoms with Crippen LogP contribution in [0.3, 0.4) is 0 Å². The molecule has 1 aromatic rings. The van der Waals surface area contributed by atoms with Crippen molar-refractivity contribution in [2.75, 3.05) is 18.5 Å². The van der Waals surface area contributed by atoms with Crippen molar-refractivity contribution in [3.05, 3.63) is 24.0 Å². The van der Waals surface area contributed by atoms with Crippen molar-refractivity contribution >= 4 is 22.9 Å². The molecule has 1 aromatic heterocycles. The first kappa shape index (κ1) is 13.3. The molecule has 1 fully saturated rings. The Balaban J connectivity index is 2.08. The Hall–Kier alpha value is -1.16. The van der Waals surface area contributed by atoms with Crippen LogP contribution in [-0.4, -0.2) is 23.6 Å². The summed E-state index contributed by atoms with van der Waals surface area (Å²) in [5.41, 5.74) is 7.74. The topological polar surface area (TPSA) is 42.2 Å². The van der Waals surface area contributed by atoms with E-state index in [4.69, 9.17) is 18.0 Å². The second-order valence-corrected chi connectivity index (χ2v) is 5.58. The van der Waals surface area contributed by atoms with Gasteiger partial charge < -0.3 is 10.6 Å². The van der Waals surface area contributed by atoms with Crippen LogP contribution in [0.25, 0.3) is 0 Å². The van der Waals surface area contributed by atoms with Gasteiger partial charge in [-0.2, -0.15) is 0 Å². The van der Waals surface area contributed by atoms with Crippen LogP contribution in [0.5, 0.6) is 0 Å². The van der Waals surface area contributed by atoms with E-state index in [1.54, 1.807) is 6.20 Å². The molecular formula is C14H21N3S. The number of anilines is 1. The molecular weight excluding hydrogens is 242 g/mol. The summed E-state index contributed by atoms with van der Waals surface area (Å²) in [6.07, 6.45) is 10.4. The Morgan fingerprint density at radius 2 is 2.17 bits per heavy atom. The van der Waals surface area contributed by atoms with Gasteiger partial charge in [-0.15, -0.1) is 0 Å². The summed E-state index contributed by atoms with van der Waals surface area (Å²) in [7, 11) is 2.10. The molecule has 0 bridgehead atoms. The van der Waals surface area contributed by atoms with Crippen LogP contribution in [0, 0.1) is 5.92 Å². The molecule has 1 saturated carbocycles. The highest BCUT2D eigenvalue weighted by molar-refractivity contribution is 7.80. The molecule has 0 spiro atoms. The standard InChI is InChI=1S/C14H21N3S/c1-17(10-11-5-3-2-4-6-11)13-9-16-8-7-12(13)14(15)18/h7-9,11H,2-6,10H2,1H3,(H2,15,18). The molecule has 0 amide bonds. The first-order valence-corrected chi connectivity index (χ1v) is 7.04. The maximum absolute atomic E-state index is 5.76. The number of hydrogen-bond acceptors (Lipinski definition) is 3. The summed E-state index contributed by atoms with van der Waals surface area (Å²) in [6, 6.07) is 1.90. The molecule has 0 aromatic carbocycles. The van der Waals surface area contributed by atoms with E-state index >= 15 is 0 Å². The molecule has 1 aliphatic rings. The summed E-state index contributed by atoms with van der Waals surface area (Å²) in [6.45, 7) is 1.07. The molecule has 0 atom stereocenters. The van der Waals surface area contributed by atoms with E-state index in [1.165, 1.54) is 32.1 Å². The van der Waals surface area contributed by atoms with Crippen molar-refractivity contribution in [3.63, 3.8) is 0 Å². The SMILES string of the molecule is CN(CC1CCCCC1)c1cnccc1C(N)=S. The average molecular weight is 263 g/mol. The van der Waals surface area contributed by atoms with Crippen molar-refractivity contribution in [2.45, 2.75) is 32.1 Å². The summed E-state index contributed by atoms with van der Waals surface area (Å²) in [5, 5.41) is 0. The van der Waals surface area contributed by atoms with Gasteiger partial charge in [-0.1, -0.05) is 31.5 Å². The first-order chi connectivity index (χ1) is 8.68. The number of thiocarbonyl (C=S) groups is 1. The number of aromatic nitrogens is 1. The second kappa shape index (κ2) is 6.14. The molecule has 0 saturated heterocycles. The van der Waals surface area contributed by atoms with Crippen molar-refractivity contribution in [1.82, 2.24) is 4.98 Å². The fraction of sp³-hybridized carbons (Fsp3) is 0.571. The number of hydrogen-bond donors (Lipinski definition) is 1. The fourth-order valence-corrected chi connectivity index (χ4v) is 2.93. The molecule has 1 heterocycles. The van der Waals surface area contributed by atoms with Crippen molar-refractivity contribution in [2.24, 2.45) is 11.7 Å². The molecule has 0 unspecified atom stereocenters. The third-order valence-electron chi connectivity index (χ3n) is 3.73. The van der Waals surface area contributed by atoms with Crippen LogP contribution in [-0.2, 0) is 0 Å². The van der Waals surface area contributed by atoms with Gasteiger partial charge in [-0.3, -0.25) is 4.98 Å². The lowest BCUT2D eigenvalue weighted by Gasteiger charge is -2.29. The fourth-order valence-electron chi connectivity index (χ4n) is 2.75. The summed E-state index contributed by atoms with van der Waals surface area (Å²) in [4.78, 5) is 6.88. The molecule has 0 radical (unpaired) electrons. The van der Waals surface area contributed by atoms with E-state index in [1.807, 2.05) is 12.3 Å². The van der Waals surface area contributed by atoms with Gasteiger partial charge in [-0.05, 0) is 24.8 Å².